The summed E-state index contributed by atoms with van der Waals surface area (Å²) >= 11 is 18.4. The van der Waals surface area contributed by atoms with Crippen LogP contribution in [0.25, 0.3) is 5.76 Å². The fourth-order valence-electron chi connectivity index (χ4n) is 3.93. The molecule has 7 nitrogen and oxygen atoms in total. The van der Waals surface area contributed by atoms with Gasteiger partial charge in [-0.1, -0.05) is 46.9 Å². The summed E-state index contributed by atoms with van der Waals surface area (Å²) in [6.07, 6.45) is 0. The van der Waals surface area contributed by atoms with Crippen molar-refractivity contribution < 1.29 is 29.3 Å². The molecule has 0 saturated carbocycles. The molecule has 0 spiro atoms. The lowest BCUT2D eigenvalue weighted by molar-refractivity contribution is -0.132. The highest BCUT2D eigenvalue weighted by Crippen LogP contribution is 2.45. The average molecular weight is 535 g/mol. The molecule has 0 aromatic heterocycles. The molecule has 0 aliphatic carbocycles. The van der Waals surface area contributed by atoms with Gasteiger partial charge in [0.2, 0.25) is 0 Å². The maximum Gasteiger partial charge on any atom is 0.300 e. The Morgan fingerprint density at radius 1 is 0.886 bits per heavy atom. The Balaban J connectivity index is 2.01. The van der Waals surface area contributed by atoms with Gasteiger partial charge >= 0.3 is 0 Å². The second-order valence-electron chi connectivity index (χ2n) is 7.55. The van der Waals surface area contributed by atoms with E-state index in [2.05, 4.69) is 0 Å². The second-order valence-corrected chi connectivity index (χ2v) is 8.77. The van der Waals surface area contributed by atoms with E-state index in [1.54, 1.807) is 12.1 Å². The van der Waals surface area contributed by atoms with E-state index in [4.69, 9.17) is 44.3 Å². The van der Waals surface area contributed by atoms with Crippen LogP contribution in [0.4, 0.5) is 5.69 Å². The number of phenolic OH excluding ortho intramolecular Hbond substituents is 1. The van der Waals surface area contributed by atoms with Gasteiger partial charge in [0.05, 0.1) is 46.5 Å². The van der Waals surface area contributed by atoms with Gasteiger partial charge in [-0.2, -0.15) is 0 Å². The van der Waals surface area contributed by atoms with Crippen molar-refractivity contribution in [2.24, 2.45) is 0 Å². The molecule has 10 heteroatoms. The van der Waals surface area contributed by atoms with E-state index >= 15 is 0 Å². The molecule has 2 N–H and O–H groups in total. The number of halogens is 3. The van der Waals surface area contributed by atoms with Crippen LogP contribution in [0.1, 0.15) is 17.2 Å². The zero-order chi connectivity index (χ0) is 25.4. The molecule has 3 aromatic carbocycles. The van der Waals surface area contributed by atoms with Crippen LogP contribution in [0, 0.1) is 0 Å². The number of ether oxygens (including phenoxy) is 2. The molecule has 35 heavy (non-hydrogen) atoms. The summed E-state index contributed by atoms with van der Waals surface area (Å²) < 4.78 is 10.6. The highest BCUT2D eigenvalue weighted by molar-refractivity contribution is 6.52. The number of aliphatic hydroxyl groups is 1. The summed E-state index contributed by atoms with van der Waals surface area (Å²) in [5, 5.41) is 22.2. The number of carbonyl (C=O) groups excluding carboxylic acids is 2. The second kappa shape index (κ2) is 9.70. The third-order valence-electron chi connectivity index (χ3n) is 5.54. The molecular weight excluding hydrogens is 517 g/mol. The lowest BCUT2D eigenvalue weighted by Crippen LogP contribution is -2.29. The Morgan fingerprint density at radius 3 is 2.23 bits per heavy atom. The van der Waals surface area contributed by atoms with Crippen LogP contribution >= 0.6 is 34.8 Å². The molecule has 0 radical (unpaired) electrons. The van der Waals surface area contributed by atoms with Crippen molar-refractivity contribution in [1.29, 1.82) is 0 Å². The van der Waals surface area contributed by atoms with Gasteiger partial charge in [0.25, 0.3) is 11.7 Å². The van der Waals surface area contributed by atoms with Crippen LogP contribution in [0.3, 0.4) is 0 Å². The number of aromatic hydroxyl groups is 1. The summed E-state index contributed by atoms with van der Waals surface area (Å²) in [7, 11) is 2.77. The monoisotopic (exact) mass is 533 g/mol. The number of nitrogens with zero attached hydrogens (tertiary/aromatic N) is 1. The quantitative estimate of drug-likeness (QED) is 0.237. The number of hydrogen-bond donors (Lipinski definition) is 2. The summed E-state index contributed by atoms with van der Waals surface area (Å²) in [5.41, 5.74) is 0.506. The molecule has 1 aliphatic heterocycles. The van der Waals surface area contributed by atoms with E-state index in [1.165, 1.54) is 61.6 Å². The van der Waals surface area contributed by atoms with Crippen molar-refractivity contribution in [2.75, 3.05) is 19.1 Å². The zero-order valence-corrected chi connectivity index (χ0v) is 20.6. The van der Waals surface area contributed by atoms with Crippen molar-refractivity contribution in [3.05, 3.63) is 86.4 Å². The van der Waals surface area contributed by atoms with Crippen molar-refractivity contribution >= 4 is 57.9 Å². The Hall–Kier alpha value is -3.39. The first-order valence-electron chi connectivity index (χ1n) is 10.1. The number of methoxy groups -OCH3 is 2. The SMILES string of the molecule is COc1cc(/C(O)=C2\C(=O)C(=O)N(c3ccc(Cl)c(Cl)c3)C2c2cccc(O)c2)c(OC)cc1Cl. The van der Waals surface area contributed by atoms with E-state index in [9.17, 15) is 19.8 Å². The predicted molar refractivity (Wildman–Crippen MR) is 134 cm³/mol. The van der Waals surface area contributed by atoms with E-state index in [0.29, 0.717) is 5.56 Å². The molecule has 180 valence electrons. The third kappa shape index (κ3) is 4.38. The molecule has 1 saturated heterocycles. The highest BCUT2D eigenvalue weighted by atomic mass is 35.5. The minimum atomic E-state index is -1.11. The standard InChI is InChI=1S/C25H18Cl3NO6/c1-34-19-11-18(28)20(35-2)10-15(19)23(31)21-22(12-4-3-5-14(30)8-12)29(25(33)24(21)32)13-6-7-16(26)17(27)9-13/h3-11,22,30-31H,1-2H3/b23-21+. The molecule has 4 rings (SSSR count). The number of phenols is 1. The topological polar surface area (TPSA) is 96.3 Å². The van der Waals surface area contributed by atoms with Crippen LogP contribution in [0.15, 0.2) is 60.2 Å². The largest absolute Gasteiger partial charge is 0.508 e. The Labute approximate surface area is 215 Å². The number of ketones is 1. The smallest absolute Gasteiger partial charge is 0.300 e. The Morgan fingerprint density at radius 2 is 1.60 bits per heavy atom. The van der Waals surface area contributed by atoms with Crippen molar-refractivity contribution in [2.45, 2.75) is 6.04 Å². The number of aliphatic hydroxyl groups excluding tert-OH is 1. The van der Waals surface area contributed by atoms with Crippen molar-refractivity contribution in [1.82, 2.24) is 0 Å². The molecule has 1 amide bonds. The fraction of sp³-hybridized carbons (Fsp3) is 0.120. The summed E-state index contributed by atoms with van der Waals surface area (Å²) in [4.78, 5) is 27.8. The molecule has 1 fully saturated rings. The first-order valence-corrected chi connectivity index (χ1v) is 11.3. The van der Waals surface area contributed by atoms with Gasteiger partial charge in [-0.05, 0) is 42.0 Å². The molecule has 3 aromatic rings. The number of rotatable bonds is 5. The summed E-state index contributed by atoms with van der Waals surface area (Å²) in [6, 6.07) is 12.2. The normalized spacial score (nSPS) is 17.1. The number of hydrogen-bond acceptors (Lipinski definition) is 6. The van der Waals surface area contributed by atoms with Crippen molar-refractivity contribution in [3.63, 3.8) is 0 Å². The number of Topliss-reactive ketones (excluding diaryl/α,β-unsaturated/α-hetero) is 1. The van der Waals surface area contributed by atoms with Crippen LogP contribution in [-0.4, -0.2) is 36.1 Å². The molecule has 1 aliphatic rings. The highest BCUT2D eigenvalue weighted by Gasteiger charge is 2.47. The van der Waals surface area contributed by atoms with Gasteiger partial charge in [-0.15, -0.1) is 0 Å². The van der Waals surface area contributed by atoms with Gasteiger partial charge in [0.15, 0.2) is 0 Å². The molecular formula is C25H18Cl3NO6. The summed E-state index contributed by atoms with van der Waals surface area (Å²) in [5.74, 6) is -2.07. The lowest BCUT2D eigenvalue weighted by Gasteiger charge is -2.26. The minimum Gasteiger partial charge on any atom is -0.508 e. The van der Waals surface area contributed by atoms with E-state index in [-0.39, 0.29) is 49.1 Å². The number of benzene rings is 3. The number of amides is 1. The van der Waals surface area contributed by atoms with Gasteiger partial charge in [-0.25, -0.2) is 0 Å². The number of anilines is 1. The lowest BCUT2D eigenvalue weighted by atomic mass is 9.94. The summed E-state index contributed by atoms with van der Waals surface area (Å²) in [6.45, 7) is 0. The van der Waals surface area contributed by atoms with Gasteiger partial charge in [-0.3, -0.25) is 14.5 Å². The van der Waals surface area contributed by atoms with Crippen LogP contribution < -0.4 is 14.4 Å². The molecule has 1 heterocycles. The predicted octanol–water partition coefficient (Wildman–Crippen LogP) is 6.00. The van der Waals surface area contributed by atoms with Gasteiger partial charge in [0.1, 0.15) is 23.0 Å². The average Bonchev–Trinajstić information content (AvgIpc) is 3.10. The van der Waals surface area contributed by atoms with Gasteiger partial charge in [0, 0.05) is 11.8 Å². The Bertz CT molecular complexity index is 1390. The van der Waals surface area contributed by atoms with E-state index in [0.717, 1.165) is 0 Å². The van der Waals surface area contributed by atoms with Crippen molar-refractivity contribution in [3.8, 4) is 17.2 Å². The van der Waals surface area contributed by atoms with Crippen LogP contribution in [-0.2, 0) is 9.59 Å². The maximum atomic E-state index is 13.3. The van der Waals surface area contributed by atoms with Crippen LogP contribution in [0.5, 0.6) is 17.2 Å². The van der Waals surface area contributed by atoms with Gasteiger partial charge < -0.3 is 19.7 Å². The minimum absolute atomic E-state index is 0.0889. The van der Waals surface area contributed by atoms with Crippen LogP contribution in [0.2, 0.25) is 15.1 Å². The fourth-order valence-corrected chi connectivity index (χ4v) is 4.46. The maximum absolute atomic E-state index is 13.3. The molecule has 1 atom stereocenters. The van der Waals surface area contributed by atoms with E-state index < -0.39 is 23.5 Å². The molecule has 0 bridgehead atoms. The number of carbonyl (C=O) groups is 2. The zero-order valence-electron chi connectivity index (χ0n) is 18.4. The first-order chi connectivity index (χ1) is 16.7. The Kier molecular flexibility index (Phi) is 6.85. The van der Waals surface area contributed by atoms with E-state index in [1.807, 2.05) is 0 Å². The first kappa shape index (κ1) is 24.7. The third-order valence-corrected chi connectivity index (χ3v) is 6.58. The molecule has 1 unspecified atom stereocenters.